The van der Waals surface area contributed by atoms with Gasteiger partial charge in [0.25, 0.3) is 0 Å². The van der Waals surface area contributed by atoms with Gasteiger partial charge < -0.3 is 10.6 Å². The predicted molar refractivity (Wildman–Crippen MR) is 134 cm³/mol. The van der Waals surface area contributed by atoms with Crippen molar-refractivity contribution in [2.24, 2.45) is 4.99 Å². The van der Waals surface area contributed by atoms with Crippen LogP contribution in [0.3, 0.4) is 0 Å². The molecular weight excluding hydrogens is 421 g/mol. The van der Waals surface area contributed by atoms with E-state index in [-0.39, 0.29) is 12.0 Å². The SMILES string of the molecule is C=C(NC1=NC(c2ccccc2Cl)NC2=C1CCC2)c1cc(F)ccc1C.CCCCC. The average Bonchev–Trinajstić information content (AvgIpc) is 3.26. The van der Waals surface area contributed by atoms with E-state index in [1.54, 1.807) is 6.07 Å². The van der Waals surface area contributed by atoms with E-state index in [0.29, 0.717) is 10.7 Å². The minimum Gasteiger partial charge on any atom is -0.363 e. The Hall–Kier alpha value is -2.59. The predicted octanol–water partition coefficient (Wildman–Crippen LogP) is 7.68. The molecule has 1 aliphatic carbocycles. The third-order valence-corrected chi connectivity index (χ3v) is 6.12. The summed E-state index contributed by atoms with van der Waals surface area (Å²) in [5, 5.41) is 7.54. The van der Waals surface area contributed by atoms with Crippen LogP contribution >= 0.6 is 11.6 Å². The first kappa shape index (κ1) is 24.1. The van der Waals surface area contributed by atoms with Crippen LogP contribution in [0.15, 0.2) is 65.3 Å². The molecule has 0 aromatic heterocycles. The molecule has 170 valence electrons. The Labute approximate surface area is 196 Å². The molecule has 0 amide bonds. The number of allylic oxidation sites excluding steroid dienone is 1. The number of nitrogens with one attached hydrogen (secondary N) is 2. The largest absolute Gasteiger partial charge is 0.363 e. The van der Waals surface area contributed by atoms with Crippen molar-refractivity contribution in [3.8, 4) is 0 Å². The lowest BCUT2D eigenvalue weighted by atomic mass is 10.0. The maximum absolute atomic E-state index is 13.7. The normalized spacial score (nSPS) is 17.0. The smallest absolute Gasteiger partial charge is 0.148 e. The molecular formula is C27H33ClFN3. The molecule has 0 fully saturated rings. The van der Waals surface area contributed by atoms with E-state index in [1.807, 2.05) is 31.2 Å². The number of nitrogens with zero attached hydrogens (tertiary/aromatic N) is 1. The van der Waals surface area contributed by atoms with Crippen LogP contribution in [0.2, 0.25) is 5.02 Å². The van der Waals surface area contributed by atoms with E-state index in [0.717, 1.165) is 41.8 Å². The number of aliphatic imine (C=N–C) groups is 1. The summed E-state index contributed by atoms with van der Waals surface area (Å²) in [5.74, 6) is 0.514. The Morgan fingerprint density at radius 3 is 2.62 bits per heavy atom. The Morgan fingerprint density at radius 2 is 1.94 bits per heavy atom. The molecule has 1 unspecified atom stereocenters. The second kappa shape index (κ2) is 11.3. The van der Waals surface area contributed by atoms with Crippen molar-refractivity contribution in [1.82, 2.24) is 10.6 Å². The van der Waals surface area contributed by atoms with E-state index in [9.17, 15) is 4.39 Å². The van der Waals surface area contributed by atoms with Gasteiger partial charge in [0.15, 0.2) is 0 Å². The second-order valence-corrected chi connectivity index (χ2v) is 8.68. The molecule has 0 spiro atoms. The van der Waals surface area contributed by atoms with Gasteiger partial charge in [-0.1, -0.05) is 75.6 Å². The molecule has 4 rings (SSSR count). The lowest BCUT2D eigenvalue weighted by Crippen LogP contribution is -2.33. The highest BCUT2D eigenvalue weighted by molar-refractivity contribution is 6.31. The summed E-state index contributed by atoms with van der Waals surface area (Å²) in [7, 11) is 0. The summed E-state index contributed by atoms with van der Waals surface area (Å²) < 4.78 is 13.7. The first-order chi connectivity index (χ1) is 15.4. The van der Waals surface area contributed by atoms with E-state index in [4.69, 9.17) is 16.6 Å². The van der Waals surface area contributed by atoms with Crippen LogP contribution in [-0.2, 0) is 0 Å². The quantitative estimate of drug-likeness (QED) is 0.486. The molecule has 0 bridgehead atoms. The number of aryl methyl sites for hydroxylation is 1. The van der Waals surface area contributed by atoms with Gasteiger partial charge >= 0.3 is 0 Å². The van der Waals surface area contributed by atoms with Crippen molar-refractivity contribution in [3.63, 3.8) is 0 Å². The summed E-state index contributed by atoms with van der Waals surface area (Å²) in [4.78, 5) is 4.87. The average molecular weight is 454 g/mol. The third-order valence-electron chi connectivity index (χ3n) is 5.77. The fraction of sp³-hybridized carbons (Fsp3) is 0.370. The van der Waals surface area contributed by atoms with Gasteiger partial charge in [0.05, 0.1) is 0 Å². The maximum Gasteiger partial charge on any atom is 0.148 e. The van der Waals surface area contributed by atoms with Crippen LogP contribution in [0.25, 0.3) is 5.70 Å². The Morgan fingerprint density at radius 1 is 1.19 bits per heavy atom. The molecule has 5 heteroatoms. The van der Waals surface area contributed by atoms with E-state index < -0.39 is 0 Å². The standard InChI is InChI=1S/C22H21ClFN3.C5H12/c1-13-10-11-15(24)12-18(13)14(2)25-22-17-7-5-9-20(17)26-21(27-22)16-6-3-4-8-19(16)23;1-3-5-4-2/h3-4,6,8,10-12,21,26H,2,5,7,9H2,1H3,(H,25,27);3-5H2,1-2H3. The molecule has 1 atom stereocenters. The molecule has 2 aromatic carbocycles. The lowest BCUT2D eigenvalue weighted by molar-refractivity contribution is 0.601. The Kier molecular flexibility index (Phi) is 8.52. The van der Waals surface area contributed by atoms with Gasteiger partial charge in [-0.2, -0.15) is 0 Å². The van der Waals surface area contributed by atoms with Crippen LogP contribution < -0.4 is 10.6 Å². The molecule has 0 saturated heterocycles. The topological polar surface area (TPSA) is 36.4 Å². The maximum atomic E-state index is 13.7. The van der Waals surface area contributed by atoms with Crippen LogP contribution in [0.4, 0.5) is 4.39 Å². The summed E-state index contributed by atoms with van der Waals surface area (Å²) in [6, 6.07) is 12.4. The second-order valence-electron chi connectivity index (χ2n) is 8.27. The fourth-order valence-electron chi connectivity index (χ4n) is 4.00. The van der Waals surface area contributed by atoms with Crippen molar-refractivity contribution >= 4 is 23.1 Å². The molecule has 0 radical (unpaired) electrons. The molecule has 1 aliphatic heterocycles. The highest BCUT2D eigenvalue weighted by atomic mass is 35.5. The van der Waals surface area contributed by atoms with Crippen LogP contribution in [0.1, 0.15) is 75.2 Å². The number of unbranched alkanes of at least 4 members (excludes halogenated alkanes) is 2. The van der Waals surface area contributed by atoms with Crippen LogP contribution in [0, 0.1) is 12.7 Å². The monoisotopic (exact) mass is 453 g/mol. The molecule has 0 saturated carbocycles. The first-order valence-electron chi connectivity index (χ1n) is 11.5. The molecule has 32 heavy (non-hydrogen) atoms. The van der Waals surface area contributed by atoms with E-state index in [2.05, 4.69) is 31.1 Å². The molecule has 3 nitrogen and oxygen atoms in total. The molecule has 2 N–H and O–H groups in total. The Bertz CT molecular complexity index is 1020. The van der Waals surface area contributed by atoms with Gasteiger partial charge in [0.2, 0.25) is 0 Å². The zero-order valence-corrected chi connectivity index (χ0v) is 20.0. The van der Waals surface area contributed by atoms with Crippen molar-refractivity contribution in [3.05, 3.63) is 87.8 Å². The highest BCUT2D eigenvalue weighted by Crippen LogP contribution is 2.34. The number of halogens is 2. The molecule has 2 aromatic rings. The van der Waals surface area contributed by atoms with Crippen molar-refractivity contribution in [2.75, 3.05) is 0 Å². The molecule has 2 aliphatic rings. The minimum absolute atomic E-state index is 0.251. The number of benzene rings is 2. The van der Waals surface area contributed by atoms with E-state index in [1.165, 1.54) is 42.7 Å². The minimum atomic E-state index is -0.277. The zero-order valence-electron chi connectivity index (χ0n) is 19.3. The summed E-state index contributed by atoms with van der Waals surface area (Å²) >= 11 is 6.38. The summed E-state index contributed by atoms with van der Waals surface area (Å²) in [5.41, 5.74) is 5.67. The summed E-state index contributed by atoms with van der Waals surface area (Å²) in [6.45, 7) is 10.5. The number of hydrogen-bond acceptors (Lipinski definition) is 3. The van der Waals surface area contributed by atoms with Gasteiger partial charge in [-0.25, -0.2) is 9.38 Å². The zero-order chi connectivity index (χ0) is 23.1. The molecule has 1 heterocycles. The van der Waals surface area contributed by atoms with Crippen molar-refractivity contribution in [1.29, 1.82) is 0 Å². The van der Waals surface area contributed by atoms with Gasteiger partial charge in [-0.3, -0.25) is 0 Å². The number of hydrogen-bond donors (Lipinski definition) is 2. The van der Waals surface area contributed by atoms with Gasteiger partial charge in [0, 0.05) is 33.1 Å². The Balaban J connectivity index is 0.000000523. The van der Waals surface area contributed by atoms with Gasteiger partial charge in [-0.05, 0) is 49.9 Å². The van der Waals surface area contributed by atoms with E-state index >= 15 is 0 Å². The highest BCUT2D eigenvalue weighted by Gasteiger charge is 2.28. The van der Waals surface area contributed by atoms with Crippen molar-refractivity contribution < 1.29 is 4.39 Å². The third kappa shape index (κ3) is 5.80. The number of rotatable bonds is 5. The summed E-state index contributed by atoms with van der Waals surface area (Å²) in [6.07, 6.45) is 6.85. The first-order valence-corrected chi connectivity index (χ1v) is 11.9. The van der Waals surface area contributed by atoms with Crippen LogP contribution in [0.5, 0.6) is 0 Å². The fourth-order valence-corrected chi connectivity index (χ4v) is 4.24. The lowest BCUT2D eigenvalue weighted by Gasteiger charge is -2.27. The van der Waals surface area contributed by atoms with Crippen LogP contribution in [-0.4, -0.2) is 5.84 Å². The van der Waals surface area contributed by atoms with Crippen molar-refractivity contribution in [2.45, 2.75) is 65.5 Å². The number of amidine groups is 1. The van der Waals surface area contributed by atoms with Gasteiger partial charge in [-0.15, -0.1) is 0 Å². The van der Waals surface area contributed by atoms with Gasteiger partial charge in [0.1, 0.15) is 17.8 Å².